The summed E-state index contributed by atoms with van der Waals surface area (Å²) >= 11 is 0. The molecule has 1 atom stereocenters. The minimum absolute atomic E-state index is 0.390. The Morgan fingerprint density at radius 2 is 2.10 bits per heavy atom. The van der Waals surface area contributed by atoms with Gasteiger partial charge < -0.3 is 10.6 Å². The summed E-state index contributed by atoms with van der Waals surface area (Å²) in [6.45, 7) is 4.02. The minimum Gasteiger partial charge on any atom is -0.316 e. The Morgan fingerprint density at radius 1 is 1.25 bits per heavy atom. The maximum atomic E-state index is 4.61. The van der Waals surface area contributed by atoms with E-state index in [1.54, 1.807) is 18.5 Å². The van der Waals surface area contributed by atoms with Gasteiger partial charge in [-0.1, -0.05) is 0 Å². The van der Waals surface area contributed by atoms with Crippen LogP contribution < -0.4 is 10.6 Å². The summed E-state index contributed by atoms with van der Waals surface area (Å²) in [7, 11) is 0. The molecule has 6 nitrogen and oxygen atoms in total. The molecule has 0 saturated carbocycles. The van der Waals surface area contributed by atoms with E-state index >= 15 is 0 Å². The molecule has 3 rings (SSSR count). The molecule has 1 fully saturated rings. The quantitative estimate of drug-likeness (QED) is 0.885. The second-order valence-electron chi connectivity index (χ2n) is 4.99. The van der Waals surface area contributed by atoms with E-state index in [0.717, 1.165) is 36.8 Å². The van der Waals surface area contributed by atoms with E-state index in [1.807, 2.05) is 13.0 Å². The van der Waals surface area contributed by atoms with Crippen LogP contribution in [0.1, 0.15) is 30.3 Å². The predicted octanol–water partition coefficient (Wildman–Crippen LogP) is 1.79. The maximum absolute atomic E-state index is 4.61. The summed E-state index contributed by atoms with van der Waals surface area (Å²) in [5, 5.41) is 6.53. The van der Waals surface area contributed by atoms with Crippen LogP contribution in [-0.4, -0.2) is 33.0 Å². The standard InChI is InChI=1S/C14H18N6/c1-10-8-12(20-14-16-6-3-7-17-14)19-13(18-10)11-4-2-5-15-9-11/h3,6-8,11,15H,2,4-5,9H2,1H3,(H,16,17,18,19,20)/t11-/m0/s1. The van der Waals surface area contributed by atoms with Crippen LogP contribution in [0.3, 0.4) is 0 Å². The van der Waals surface area contributed by atoms with Crippen molar-refractivity contribution in [2.75, 3.05) is 18.4 Å². The van der Waals surface area contributed by atoms with E-state index in [2.05, 4.69) is 30.6 Å². The number of nitrogens with zero attached hydrogens (tertiary/aromatic N) is 4. The Hall–Kier alpha value is -2.08. The molecular weight excluding hydrogens is 252 g/mol. The smallest absolute Gasteiger partial charge is 0.228 e. The third-order valence-corrected chi connectivity index (χ3v) is 3.34. The topological polar surface area (TPSA) is 75.6 Å². The molecule has 0 bridgehead atoms. The van der Waals surface area contributed by atoms with Gasteiger partial charge in [-0.3, -0.25) is 0 Å². The highest BCUT2D eigenvalue weighted by Gasteiger charge is 2.18. The lowest BCUT2D eigenvalue weighted by molar-refractivity contribution is 0.446. The Bertz CT molecular complexity index is 565. The molecular formula is C14H18N6. The summed E-state index contributed by atoms with van der Waals surface area (Å²) < 4.78 is 0. The zero-order valence-corrected chi connectivity index (χ0v) is 11.5. The molecule has 2 aromatic rings. The van der Waals surface area contributed by atoms with Gasteiger partial charge in [-0.25, -0.2) is 19.9 Å². The molecule has 6 heteroatoms. The second-order valence-corrected chi connectivity index (χ2v) is 4.99. The van der Waals surface area contributed by atoms with Gasteiger partial charge in [0.05, 0.1) is 0 Å². The highest BCUT2D eigenvalue weighted by Crippen LogP contribution is 2.22. The molecule has 0 aromatic carbocycles. The molecule has 2 aromatic heterocycles. The van der Waals surface area contributed by atoms with Crippen molar-refractivity contribution in [3.05, 3.63) is 36.0 Å². The van der Waals surface area contributed by atoms with Crippen molar-refractivity contribution < 1.29 is 0 Å². The fourth-order valence-corrected chi connectivity index (χ4v) is 2.39. The van der Waals surface area contributed by atoms with Crippen LogP contribution in [0.2, 0.25) is 0 Å². The maximum Gasteiger partial charge on any atom is 0.228 e. The number of aromatic nitrogens is 4. The molecule has 0 amide bonds. The molecule has 0 aliphatic carbocycles. The first-order chi connectivity index (χ1) is 9.81. The van der Waals surface area contributed by atoms with Crippen molar-refractivity contribution in [1.29, 1.82) is 0 Å². The van der Waals surface area contributed by atoms with E-state index in [-0.39, 0.29) is 0 Å². The summed E-state index contributed by atoms with van der Waals surface area (Å²) in [5.41, 5.74) is 0.957. The second kappa shape index (κ2) is 5.92. The molecule has 1 saturated heterocycles. The first kappa shape index (κ1) is 12.9. The van der Waals surface area contributed by atoms with Gasteiger partial charge in [0.2, 0.25) is 5.95 Å². The van der Waals surface area contributed by atoms with Crippen molar-refractivity contribution in [2.24, 2.45) is 0 Å². The monoisotopic (exact) mass is 270 g/mol. The van der Waals surface area contributed by atoms with Crippen molar-refractivity contribution >= 4 is 11.8 Å². The molecule has 0 unspecified atom stereocenters. The largest absolute Gasteiger partial charge is 0.316 e. The highest BCUT2D eigenvalue weighted by molar-refractivity contribution is 5.47. The average Bonchev–Trinajstić information content (AvgIpc) is 2.49. The van der Waals surface area contributed by atoms with Gasteiger partial charge in [0.25, 0.3) is 0 Å². The minimum atomic E-state index is 0.390. The lowest BCUT2D eigenvalue weighted by Gasteiger charge is -2.22. The van der Waals surface area contributed by atoms with E-state index in [0.29, 0.717) is 11.9 Å². The zero-order valence-electron chi connectivity index (χ0n) is 11.5. The van der Waals surface area contributed by atoms with Crippen LogP contribution in [0.25, 0.3) is 0 Å². The van der Waals surface area contributed by atoms with E-state index in [1.165, 1.54) is 6.42 Å². The van der Waals surface area contributed by atoms with Gasteiger partial charge in [-0.15, -0.1) is 0 Å². The summed E-state index contributed by atoms with van der Waals surface area (Å²) in [6.07, 6.45) is 5.72. The SMILES string of the molecule is Cc1cc(Nc2ncccn2)nc([C@H]2CCCNC2)n1. The Kier molecular flexibility index (Phi) is 3.83. The number of rotatable bonds is 3. The molecule has 3 heterocycles. The zero-order chi connectivity index (χ0) is 13.8. The van der Waals surface area contributed by atoms with Gasteiger partial charge >= 0.3 is 0 Å². The predicted molar refractivity (Wildman–Crippen MR) is 76.9 cm³/mol. The molecule has 0 spiro atoms. The third-order valence-electron chi connectivity index (χ3n) is 3.34. The summed E-state index contributed by atoms with van der Waals surface area (Å²) in [4.78, 5) is 17.5. The number of piperidine rings is 1. The van der Waals surface area contributed by atoms with Crippen molar-refractivity contribution in [1.82, 2.24) is 25.3 Å². The van der Waals surface area contributed by atoms with Crippen molar-refractivity contribution in [3.8, 4) is 0 Å². The molecule has 0 radical (unpaired) electrons. The summed E-state index contributed by atoms with van der Waals surface area (Å²) in [6, 6.07) is 3.70. The van der Waals surface area contributed by atoms with E-state index in [4.69, 9.17) is 0 Å². The lowest BCUT2D eigenvalue weighted by atomic mass is 9.99. The molecule has 20 heavy (non-hydrogen) atoms. The van der Waals surface area contributed by atoms with Crippen LogP contribution in [0.4, 0.5) is 11.8 Å². The molecule has 2 N–H and O–H groups in total. The molecule has 104 valence electrons. The average molecular weight is 270 g/mol. The van der Waals surface area contributed by atoms with E-state index in [9.17, 15) is 0 Å². The van der Waals surface area contributed by atoms with Crippen molar-refractivity contribution in [3.63, 3.8) is 0 Å². The first-order valence-corrected chi connectivity index (χ1v) is 6.91. The first-order valence-electron chi connectivity index (χ1n) is 6.91. The third kappa shape index (κ3) is 3.08. The van der Waals surface area contributed by atoms with Crippen LogP contribution in [-0.2, 0) is 0 Å². The Labute approximate surface area is 118 Å². The van der Waals surface area contributed by atoms with Gasteiger partial charge in [0.1, 0.15) is 11.6 Å². The lowest BCUT2D eigenvalue weighted by Crippen LogP contribution is -2.29. The van der Waals surface area contributed by atoms with Gasteiger partial charge in [0, 0.05) is 36.6 Å². The van der Waals surface area contributed by atoms with Crippen LogP contribution in [0.5, 0.6) is 0 Å². The highest BCUT2D eigenvalue weighted by atomic mass is 15.1. The van der Waals surface area contributed by atoms with Crippen LogP contribution in [0.15, 0.2) is 24.5 Å². The number of nitrogens with one attached hydrogen (secondary N) is 2. The molecule has 1 aliphatic heterocycles. The summed E-state index contributed by atoms with van der Waals surface area (Å²) in [5.74, 6) is 2.60. The number of aryl methyl sites for hydroxylation is 1. The Balaban J connectivity index is 1.82. The van der Waals surface area contributed by atoms with Crippen LogP contribution in [0, 0.1) is 6.92 Å². The van der Waals surface area contributed by atoms with Crippen molar-refractivity contribution in [2.45, 2.75) is 25.7 Å². The molecule has 1 aliphatic rings. The van der Waals surface area contributed by atoms with Gasteiger partial charge in [0.15, 0.2) is 0 Å². The number of hydrogen-bond donors (Lipinski definition) is 2. The number of hydrogen-bond acceptors (Lipinski definition) is 6. The van der Waals surface area contributed by atoms with Gasteiger partial charge in [-0.05, 0) is 32.4 Å². The fourth-order valence-electron chi connectivity index (χ4n) is 2.39. The van der Waals surface area contributed by atoms with Gasteiger partial charge in [-0.2, -0.15) is 0 Å². The van der Waals surface area contributed by atoms with Crippen LogP contribution >= 0.6 is 0 Å². The van der Waals surface area contributed by atoms with E-state index < -0.39 is 0 Å². The Morgan fingerprint density at radius 3 is 2.85 bits per heavy atom. The number of anilines is 2. The normalized spacial score (nSPS) is 18.8. The fraction of sp³-hybridized carbons (Fsp3) is 0.429.